The number of rotatable bonds is 9. The van der Waals surface area contributed by atoms with Gasteiger partial charge in [0.05, 0.1) is 18.2 Å². The number of aromatic amines is 1. The van der Waals surface area contributed by atoms with Gasteiger partial charge in [0.1, 0.15) is 11.6 Å². The van der Waals surface area contributed by atoms with Crippen molar-refractivity contribution >= 4 is 23.4 Å². The van der Waals surface area contributed by atoms with Gasteiger partial charge >= 0.3 is 0 Å². The number of hydrogen-bond donors (Lipinski definition) is 1. The number of nitrogens with one attached hydrogen (secondary N) is 1. The zero-order valence-corrected chi connectivity index (χ0v) is 16.6. The van der Waals surface area contributed by atoms with E-state index in [1.807, 2.05) is 6.07 Å². The summed E-state index contributed by atoms with van der Waals surface area (Å²) < 4.78 is 13.2. The molecule has 0 bridgehead atoms. The van der Waals surface area contributed by atoms with Crippen LogP contribution >= 0.6 is 11.8 Å². The lowest BCUT2D eigenvalue weighted by Gasteiger charge is -2.21. The van der Waals surface area contributed by atoms with Crippen molar-refractivity contribution in [1.29, 1.82) is 5.26 Å². The van der Waals surface area contributed by atoms with Crippen molar-refractivity contribution in [1.82, 2.24) is 15.2 Å². The Hall–Kier alpha value is -2.40. The minimum absolute atomic E-state index is 0.155. The SMILES string of the molecule is N#CCCN(C(=O)CSc1n[nH]c(CCC2CCCC2)n1)c1ccc(F)cc1. The first-order valence-corrected chi connectivity index (χ1v) is 10.6. The molecule has 1 heterocycles. The molecule has 1 aromatic carbocycles. The summed E-state index contributed by atoms with van der Waals surface area (Å²) in [4.78, 5) is 18.6. The van der Waals surface area contributed by atoms with Gasteiger partial charge < -0.3 is 4.90 Å². The lowest BCUT2D eigenvalue weighted by molar-refractivity contribution is -0.116. The van der Waals surface area contributed by atoms with Crippen LogP contribution in [0.5, 0.6) is 0 Å². The molecule has 0 radical (unpaired) electrons. The summed E-state index contributed by atoms with van der Waals surface area (Å²) in [6.45, 7) is 0.266. The minimum Gasteiger partial charge on any atom is -0.311 e. The zero-order chi connectivity index (χ0) is 19.8. The summed E-state index contributed by atoms with van der Waals surface area (Å²) >= 11 is 1.27. The van der Waals surface area contributed by atoms with Crippen LogP contribution in [0.25, 0.3) is 0 Å². The predicted molar refractivity (Wildman–Crippen MR) is 106 cm³/mol. The van der Waals surface area contributed by atoms with Crippen molar-refractivity contribution in [2.45, 2.75) is 50.1 Å². The van der Waals surface area contributed by atoms with E-state index < -0.39 is 0 Å². The highest BCUT2D eigenvalue weighted by Gasteiger charge is 2.18. The molecule has 1 aliphatic carbocycles. The van der Waals surface area contributed by atoms with Crippen molar-refractivity contribution < 1.29 is 9.18 Å². The summed E-state index contributed by atoms with van der Waals surface area (Å²) in [5, 5.41) is 16.6. The molecule has 0 aliphatic heterocycles. The van der Waals surface area contributed by atoms with E-state index in [-0.39, 0.29) is 30.4 Å². The van der Waals surface area contributed by atoms with Crippen LogP contribution in [0, 0.1) is 23.1 Å². The van der Waals surface area contributed by atoms with Gasteiger partial charge in [-0.1, -0.05) is 37.4 Å². The molecule has 0 atom stereocenters. The van der Waals surface area contributed by atoms with Gasteiger partial charge in [0.15, 0.2) is 0 Å². The fourth-order valence-electron chi connectivity index (χ4n) is 3.48. The van der Waals surface area contributed by atoms with Crippen LogP contribution in [-0.2, 0) is 11.2 Å². The normalized spacial score (nSPS) is 14.1. The molecule has 6 nitrogen and oxygen atoms in total. The lowest BCUT2D eigenvalue weighted by atomic mass is 10.0. The van der Waals surface area contributed by atoms with Crippen LogP contribution in [0.15, 0.2) is 29.4 Å². The molecular formula is C20H24FN5OS. The Labute approximate surface area is 168 Å². The first kappa shape index (κ1) is 20.3. The maximum Gasteiger partial charge on any atom is 0.237 e. The van der Waals surface area contributed by atoms with Crippen LogP contribution in [0.4, 0.5) is 10.1 Å². The fraction of sp³-hybridized carbons (Fsp3) is 0.500. The largest absolute Gasteiger partial charge is 0.311 e. The summed E-state index contributed by atoms with van der Waals surface area (Å²) in [5.74, 6) is 1.29. The summed E-state index contributed by atoms with van der Waals surface area (Å²) in [5.41, 5.74) is 0.578. The second-order valence-corrected chi connectivity index (χ2v) is 7.91. The number of anilines is 1. The molecule has 1 fully saturated rings. The number of nitrogens with zero attached hydrogens (tertiary/aromatic N) is 4. The summed E-state index contributed by atoms with van der Waals surface area (Å²) in [6, 6.07) is 7.75. The van der Waals surface area contributed by atoms with Crippen molar-refractivity contribution in [3.63, 3.8) is 0 Å². The fourth-order valence-corrected chi connectivity index (χ4v) is 4.17. The Balaban J connectivity index is 1.53. The van der Waals surface area contributed by atoms with Gasteiger partial charge in [0.25, 0.3) is 0 Å². The van der Waals surface area contributed by atoms with E-state index in [1.165, 1.54) is 54.5 Å². The highest BCUT2D eigenvalue weighted by Crippen LogP contribution is 2.28. The lowest BCUT2D eigenvalue weighted by Crippen LogP contribution is -2.33. The van der Waals surface area contributed by atoms with Crippen LogP contribution in [0.3, 0.4) is 0 Å². The highest BCUT2D eigenvalue weighted by atomic mass is 32.2. The maximum absolute atomic E-state index is 13.2. The van der Waals surface area contributed by atoms with Crippen molar-refractivity contribution in [3.8, 4) is 6.07 Å². The number of thioether (sulfide) groups is 1. The van der Waals surface area contributed by atoms with E-state index >= 15 is 0 Å². The molecule has 1 N–H and O–H groups in total. The molecule has 1 aliphatic rings. The predicted octanol–water partition coefficient (Wildman–Crippen LogP) is 4.11. The van der Waals surface area contributed by atoms with E-state index in [0.29, 0.717) is 10.8 Å². The van der Waals surface area contributed by atoms with Gasteiger partial charge in [0, 0.05) is 18.7 Å². The third-order valence-electron chi connectivity index (χ3n) is 4.99. The molecule has 148 valence electrons. The number of nitriles is 1. The van der Waals surface area contributed by atoms with E-state index in [1.54, 1.807) is 12.1 Å². The van der Waals surface area contributed by atoms with Gasteiger partial charge in [0.2, 0.25) is 11.1 Å². The molecule has 2 aromatic rings. The van der Waals surface area contributed by atoms with Gasteiger partial charge in [-0.3, -0.25) is 9.89 Å². The van der Waals surface area contributed by atoms with Crippen LogP contribution in [-0.4, -0.2) is 33.4 Å². The van der Waals surface area contributed by atoms with Crippen molar-refractivity contribution in [2.75, 3.05) is 17.2 Å². The van der Waals surface area contributed by atoms with Crippen LogP contribution in [0.2, 0.25) is 0 Å². The summed E-state index contributed by atoms with van der Waals surface area (Å²) in [6.07, 6.45) is 7.51. The quantitative estimate of drug-likeness (QED) is 0.639. The van der Waals surface area contributed by atoms with E-state index in [9.17, 15) is 9.18 Å². The number of aromatic nitrogens is 3. The van der Waals surface area contributed by atoms with Gasteiger partial charge in [-0.25, -0.2) is 9.37 Å². The van der Waals surface area contributed by atoms with E-state index in [2.05, 4.69) is 15.2 Å². The Kier molecular flexibility index (Phi) is 7.43. The standard InChI is InChI=1S/C20H24FN5OS/c21-16-7-9-17(10-8-16)26(13-3-12-22)19(27)14-28-20-23-18(24-25-20)11-6-15-4-1-2-5-15/h7-10,15H,1-6,11,13-14H2,(H,23,24,25). The monoisotopic (exact) mass is 401 g/mol. The van der Waals surface area contributed by atoms with Crippen molar-refractivity contribution in [2.24, 2.45) is 5.92 Å². The van der Waals surface area contributed by atoms with Crippen LogP contribution < -0.4 is 4.90 Å². The molecule has 1 aromatic heterocycles. The minimum atomic E-state index is -0.364. The summed E-state index contributed by atoms with van der Waals surface area (Å²) in [7, 11) is 0. The maximum atomic E-state index is 13.2. The Morgan fingerprint density at radius 1 is 1.32 bits per heavy atom. The second kappa shape index (κ2) is 10.2. The average Bonchev–Trinajstić information content (AvgIpc) is 3.38. The number of H-pyrrole nitrogens is 1. The van der Waals surface area contributed by atoms with Gasteiger partial charge in [-0.2, -0.15) is 5.26 Å². The number of amides is 1. The molecular weight excluding hydrogens is 377 g/mol. The average molecular weight is 402 g/mol. The smallest absolute Gasteiger partial charge is 0.237 e. The Morgan fingerprint density at radius 3 is 2.79 bits per heavy atom. The number of aryl methyl sites for hydroxylation is 1. The number of benzene rings is 1. The number of halogens is 1. The molecule has 8 heteroatoms. The van der Waals surface area contributed by atoms with Gasteiger partial charge in [-0.15, -0.1) is 5.10 Å². The number of carbonyl (C=O) groups is 1. The second-order valence-electron chi connectivity index (χ2n) is 6.97. The third-order valence-corrected chi connectivity index (χ3v) is 5.82. The molecule has 28 heavy (non-hydrogen) atoms. The highest BCUT2D eigenvalue weighted by molar-refractivity contribution is 7.99. The first-order chi connectivity index (χ1) is 13.7. The molecule has 1 amide bonds. The Bertz CT molecular complexity index is 811. The topological polar surface area (TPSA) is 85.7 Å². The van der Waals surface area contributed by atoms with E-state index in [4.69, 9.17) is 5.26 Å². The number of hydrogen-bond acceptors (Lipinski definition) is 5. The van der Waals surface area contributed by atoms with Crippen LogP contribution in [0.1, 0.15) is 44.3 Å². The first-order valence-electron chi connectivity index (χ1n) is 9.62. The third kappa shape index (κ3) is 5.80. The molecule has 0 spiro atoms. The van der Waals surface area contributed by atoms with Crippen molar-refractivity contribution in [3.05, 3.63) is 35.9 Å². The van der Waals surface area contributed by atoms with E-state index in [0.717, 1.165) is 24.6 Å². The molecule has 3 rings (SSSR count). The Morgan fingerprint density at radius 2 is 2.07 bits per heavy atom. The number of carbonyl (C=O) groups excluding carboxylic acids is 1. The van der Waals surface area contributed by atoms with Gasteiger partial charge in [-0.05, 0) is 36.6 Å². The molecule has 1 saturated carbocycles. The molecule has 0 saturated heterocycles. The molecule has 0 unspecified atom stereocenters. The zero-order valence-electron chi connectivity index (χ0n) is 15.7.